The zero-order chi connectivity index (χ0) is 11.2. The second-order valence-electron chi connectivity index (χ2n) is 2.99. The maximum absolute atomic E-state index is 11.5. The topological polar surface area (TPSA) is 74.7 Å². The van der Waals surface area contributed by atoms with Crippen molar-refractivity contribution in [3.63, 3.8) is 0 Å². The maximum Gasteiger partial charge on any atom is 0.318 e. The second kappa shape index (κ2) is 5.98. The minimum absolute atomic E-state index is 0.0324. The molecule has 6 heteroatoms. The summed E-state index contributed by atoms with van der Waals surface area (Å²) in [6.07, 6.45) is 1.35. The van der Waals surface area contributed by atoms with Crippen LogP contribution in [0.2, 0.25) is 0 Å². The van der Waals surface area contributed by atoms with Gasteiger partial charge in [0.1, 0.15) is 6.54 Å². The van der Waals surface area contributed by atoms with Gasteiger partial charge in [-0.2, -0.15) is 4.31 Å². The Hall–Kier alpha value is -0.620. The molecule has 0 aromatic heterocycles. The van der Waals surface area contributed by atoms with Gasteiger partial charge in [-0.05, 0) is 6.42 Å². The van der Waals surface area contributed by atoms with Crippen LogP contribution in [-0.4, -0.2) is 42.6 Å². The number of carbonyl (C=O) groups is 1. The quantitative estimate of drug-likeness (QED) is 0.683. The van der Waals surface area contributed by atoms with Crippen molar-refractivity contribution < 1.29 is 18.3 Å². The molecule has 0 atom stereocenters. The molecule has 0 fully saturated rings. The summed E-state index contributed by atoms with van der Waals surface area (Å²) in [5.41, 5.74) is 0. The smallest absolute Gasteiger partial charge is 0.318 e. The summed E-state index contributed by atoms with van der Waals surface area (Å²) >= 11 is 0. The number of sulfonamides is 1. The molecule has 0 unspecified atom stereocenters. The Labute approximate surface area is 84.8 Å². The number of hydrogen-bond donors (Lipinski definition) is 1. The molecule has 0 aromatic carbocycles. The highest BCUT2D eigenvalue weighted by atomic mass is 32.2. The van der Waals surface area contributed by atoms with Crippen LogP contribution in [0.15, 0.2) is 0 Å². The lowest BCUT2D eigenvalue weighted by Gasteiger charge is -2.17. The van der Waals surface area contributed by atoms with Gasteiger partial charge in [-0.1, -0.05) is 20.3 Å². The molecule has 5 nitrogen and oxygen atoms in total. The van der Waals surface area contributed by atoms with Crippen molar-refractivity contribution in [2.75, 3.05) is 18.8 Å². The Bertz CT molecular complexity index is 273. The summed E-state index contributed by atoms with van der Waals surface area (Å²) in [6.45, 7) is 3.29. The van der Waals surface area contributed by atoms with Crippen molar-refractivity contribution in [3.05, 3.63) is 0 Å². The van der Waals surface area contributed by atoms with Crippen LogP contribution >= 0.6 is 0 Å². The van der Waals surface area contributed by atoms with Gasteiger partial charge in [0.2, 0.25) is 10.0 Å². The van der Waals surface area contributed by atoms with Gasteiger partial charge in [-0.25, -0.2) is 8.42 Å². The molecule has 0 spiro atoms. The van der Waals surface area contributed by atoms with Gasteiger partial charge in [-0.3, -0.25) is 4.79 Å². The summed E-state index contributed by atoms with van der Waals surface area (Å²) < 4.78 is 24.0. The molecule has 0 saturated carbocycles. The summed E-state index contributed by atoms with van der Waals surface area (Å²) in [4.78, 5) is 10.4. The molecule has 0 aromatic rings. The molecular weight excluding hydrogens is 206 g/mol. The highest BCUT2D eigenvalue weighted by molar-refractivity contribution is 7.89. The summed E-state index contributed by atoms with van der Waals surface area (Å²) in [6, 6.07) is 0. The molecule has 1 N–H and O–H groups in total. The minimum atomic E-state index is -3.38. The van der Waals surface area contributed by atoms with Crippen LogP contribution in [0.5, 0.6) is 0 Å². The number of carboxylic acids is 1. The van der Waals surface area contributed by atoms with E-state index in [0.29, 0.717) is 6.42 Å². The van der Waals surface area contributed by atoms with Gasteiger partial charge >= 0.3 is 5.97 Å². The number of likely N-dealkylation sites (N-methyl/N-ethyl adjacent to an activating group) is 1. The predicted octanol–water partition coefficient (Wildman–Crippen LogP) is 0.523. The molecule has 0 aliphatic rings. The van der Waals surface area contributed by atoms with E-state index in [-0.39, 0.29) is 12.3 Å². The molecule has 0 saturated heterocycles. The molecule has 0 radical (unpaired) electrons. The fourth-order valence-corrected chi connectivity index (χ4v) is 2.63. The van der Waals surface area contributed by atoms with Crippen molar-refractivity contribution >= 4 is 16.0 Å². The fourth-order valence-electron chi connectivity index (χ4n) is 1.01. The summed E-state index contributed by atoms with van der Waals surface area (Å²) in [5, 5.41) is 8.50. The lowest BCUT2D eigenvalue weighted by molar-refractivity contribution is -0.137. The van der Waals surface area contributed by atoms with Gasteiger partial charge in [-0.15, -0.1) is 0 Å². The lowest BCUT2D eigenvalue weighted by Crippen LogP contribution is -2.36. The SMILES string of the molecule is CCCCS(=O)(=O)N(CC)CC(=O)O. The van der Waals surface area contributed by atoms with Crippen LogP contribution in [0.3, 0.4) is 0 Å². The van der Waals surface area contributed by atoms with E-state index in [2.05, 4.69) is 0 Å². The van der Waals surface area contributed by atoms with Crippen molar-refractivity contribution in [1.82, 2.24) is 4.31 Å². The first-order valence-electron chi connectivity index (χ1n) is 4.63. The Morgan fingerprint density at radius 3 is 2.29 bits per heavy atom. The van der Waals surface area contributed by atoms with Crippen LogP contribution in [0.25, 0.3) is 0 Å². The summed E-state index contributed by atoms with van der Waals surface area (Å²) in [7, 11) is -3.38. The van der Waals surface area contributed by atoms with E-state index in [4.69, 9.17) is 5.11 Å². The molecule has 0 amide bonds. The predicted molar refractivity (Wildman–Crippen MR) is 53.6 cm³/mol. The Morgan fingerprint density at radius 1 is 1.36 bits per heavy atom. The van der Waals surface area contributed by atoms with E-state index in [9.17, 15) is 13.2 Å². The number of aliphatic carboxylic acids is 1. The Balaban J connectivity index is 4.41. The third kappa shape index (κ3) is 4.57. The normalized spacial score (nSPS) is 11.9. The van der Waals surface area contributed by atoms with Crippen molar-refractivity contribution in [2.24, 2.45) is 0 Å². The van der Waals surface area contributed by atoms with E-state index < -0.39 is 22.5 Å². The molecule has 0 bridgehead atoms. The third-order valence-corrected chi connectivity index (χ3v) is 3.79. The molecule has 0 rings (SSSR count). The summed E-state index contributed by atoms with van der Waals surface area (Å²) in [5.74, 6) is -1.09. The monoisotopic (exact) mass is 223 g/mol. The Kier molecular flexibility index (Phi) is 5.71. The highest BCUT2D eigenvalue weighted by Crippen LogP contribution is 2.04. The largest absolute Gasteiger partial charge is 0.480 e. The molecule has 0 aliphatic heterocycles. The van der Waals surface area contributed by atoms with E-state index in [1.54, 1.807) is 6.92 Å². The highest BCUT2D eigenvalue weighted by Gasteiger charge is 2.21. The second-order valence-corrected chi connectivity index (χ2v) is 5.08. The standard InChI is InChI=1S/C8H17NO4S/c1-3-5-6-14(12,13)9(4-2)7-8(10)11/h3-7H2,1-2H3,(H,10,11). The van der Waals surface area contributed by atoms with Crippen LogP contribution in [0.1, 0.15) is 26.7 Å². The Morgan fingerprint density at radius 2 is 1.93 bits per heavy atom. The van der Waals surface area contributed by atoms with Gasteiger partial charge in [0.05, 0.1) is 5.75 Å². The minimum Gasteiger partial charge on any atom is -0.480 e. The molecule has 14 heavy (non-hydrogen) atoms. The third-order valence-electron chi connectivity index (χ3n) is 1.81. The van der Waals surface area contributed by atoms with Crippen LogP contribution < -0.4 is 0 Å². The molecular formula is C8H17NO4S. The van der Waals surface area contributed by atoms with E-state index in [1.165, 1.54) is 0 Å². The van der Waals surface area contributed by atoms with E-state index >= 15 is 0 Å². The molecule has 0 heterocycles. The van der Waals surface area contributed by atoms with Crippen LogP contribution in [0, 0.1) is 0 Å². The lowest BCUT2D eigenvalue weighted by atomic mass is 10.4. The maximum atomic E-state index is 11.5. The number of rotatable bonds is 7. The first kappa shape index (κ1) is 13.4. The zero-order valence-corrected chi connectivity index (χ0v) is 9.38. The van der Waals surface area contributed by atoms with E-state index in [1.807, 2.05) is 6.92 Å². The first-order valence-corrected chi connectivity index (χ1v) is 6.24. The van der Waals surface area contributed by atoms with Gasteiger partial charge in [0, 0.05) is 6.54 Å². The van der Waals surface area contributed by atoms with Gasteiger partial charge < -0.3 is 5.11 Å². The van der Waals surface area contributed by atoms with E-state index in [0.717, 1.165) is 10.7 Å². The fraction of sp³-hybridized carbons (Fsp3) is 0.875. The van der Waals surface area contributed by atoms with Crippen molar-refractivity contribution in [2.45, 2.75) is 26.7 Å². The number of hydrogen-bond acceptors (Lipinski definition) is 3. The van der Waals surface area contributed by atoms with Crippen LogP contribution in [0.4, 0.5) is 0 Å². The number of unbranched alkanes of at least 4 members (excludes halogenated alkanes) is 1. The molecule has 0 aliphatic carbocycles. The van der Waals surface area contributed by atoms with Crippen molar-refractivity contribution in [1.29, 1.82) is 0 Å². The molecule has 84 valence electrons. The number of nitrogens with zero attached hydrogens (tertiary/aromatic N) is 1. The first-order chi connectivity index (χ1) is 6.44. The number of carboxylic acid groups (broad SMARTS) is 1. The average molecular weight is 223 g/mol. The van der Waals surface area contributed by atoms with Crippen LogP contribution in [-0.2, 0) is 14.8 Å². The average Bonchev–Trinajstić information content (AvgIpc) is 2.10. The zero-order valence-electron chi connectivity index (χ0n) is 8.56. The van der Waals surface area contributed by atoms with Crippen molar-refractivity contribution in [3.8, 4) is 0 Å². The van der Waals surface area contributed by atoms with Gasteiger partial charge in [0.15, 0.2) is 0 Å². The van der Waals surface area contributed by atoms with Gasteiger partial charge in [0.25, 0.3) is 0 Å².